The van der Waals surface area contributed by atoms with Crippen LogP contribution < -0.4 is 0 Å². The van der Waals surface area contributed by atoms with Gasteiger partial charge in [0.1, 0.15) is 0 Å². The summed E-state index contributed by atoms with van der Waals surface area (Å²) in [7, 11) is 0. The Labute approximate surface area is 112 Å². The number of thiophene rings is 1. The second kappa shape index (κ2) is 4.59. The van der Waals surface area contributed by atoms with Gasteiger partial charge in [-0.25, -0.2) is 4.98 Å². The number of aromatic nitrogens is 2. The molecule has 0 saturated carbocycles. The number of benzene rings is 1. The quantitative estimate of drug-likeness (QED) is 0.671. The number of imidazole rings is 1. The van der Waals surface area contributed by atoms with Crippen molar-refractivity contribution in [2.75, 3.05) is 6.26 Å². The van der Waals surface area contributed by atoms with Gasteiger partial charge < -0.3 is 0 Å². The average Bonchev–Trinajstić information content (AvgIpc) is 3.04. The van der Waals surface area contributed by atoms with E-state index in [1.165, 1.54) is 23.1 Å². The fourth-order valence-corrected chi connectivity index (χ4v) is 3.05. The summed E-state index contributed by atoms with van der Waals surface area (Å²) in [5, 5.41) is 2.64. The van der Waals surface area contributed by atoms with E-state index in [2.05, 4.69) is 4.98 Å². The van der Waals surface area contributed by atoms with E-state index >= 15 is 0 Å². The van der Waals surface area contributed by atoms with E-state index in [1.807, 2.05) is 48.0 Å². The average molecular weight is 274 g/mol. The maximum Gasteiger partial charge on any atom is 0.274 e. The maximum absolute atomic E-state index is 12.5. The smallest absolute Gasteiger partial charge is 0.267 e. The number of para-hydroxylation sites is 2. The molecule has 1 aromatic carbocycles. The van der Waals surface area contributed by atoms with Crippen molar-refractivity contribution in [2.24, 2.45) is 0 Å². The fraction of sp³-hybridized carbons (Fsp3) is 0.0769. The molecule has 0 spiro atoms. The van der Waals surface area contributed by atoms with Gasteiger partial charge >= 0.3 is 0 Å². The normalized spacial score (nSPS) is 10.9. The molecule has 18 heavy (non-hydrogen) atoms. The molecular weight excluding hydrogens is 264 g/mol. The van der Waals surface area contributed by atoms with Crippen LogP contribution in [0, 0.1) is 0 Å². The summed E-state index contributed by atoms with van der Waals surface area (Å²) < 4.78 is 1.69. The molecule has 0 aliphatic rings. The lowest BCUT2D eigenvalue weighted by Gasteiger charge is -2.03. The van der Waals surface area contributed by atoms with Crippen molar-refractivity contribution < 1.29 is 4.79 Å². The van der Waals surface area contributed by atoms with Crippen LogP contribution in [0.25, 0.3) is 11.0 Å². The van der Waals surface area contributed by atoms with Crippen molar-refractivity contribution in [1.82, 2.24) is 9.55 Å². The van der Waals surface area contributed by atoms with Crippen LogP contribution in [-0.2, 0) is 0 Å². The lowest BCUT2D eigenvalue weighted by atomic mass is 10.3. The molecule has 0 fully saturated rings. The van der Waals surface area contributed by atoms with Crippen LogP contribution in [0.1, 0.15) is 9.67 Å². The summed E-state index contributed by atoms with van der Waals surface area (Å²) in [6.45, 7) is 0. The summed E-state index contributed by atoms with van der Waals surface area (Å²) in [6.07, 6.45) is 1.93. The van der Waals surface area contributed by atoms with Gasteiger partial charge in [0.15, 0.2) is 5.16 Å². The lowest BCUT2D eigenvalue weighted by molar-refractivity contribution is 0.0959. The number of hydrogen-bond donors (Lipinski definition) is 0. The Hall–Kier alpha value is -1.59. The van der Waals surface area contributed by atoms with Crippen LogP contribution in [0.4, 0.5) is 0 Å². The van der Waals surface area contributed by atoms with Crippen LogP contribution in [0.3, 0.4) is 0 Å². The first-order valence-corrected chi connectivity index (χ1v) is 7.51. The highest BCUT2D eigenvalue weighted by atomic mass is 32.2. The van der Waals surface area contributed by atoms with Crippen molar-refractivity contribution in [3.63, 3.8) is 0 Å². The Balaban J connectivity index is 2.24. The third kappa shape index (κ3) is 1.76. The van der Waals surface area contributed by atoms with Gasteiger partial charge in [-0.1, -0.05) is 30.0 Å². The van der Waals surface area contributed by atoms with Crippen molar-refractivity contribution in [2.45, 2.75) is 5.16 Å². The number of fused-ring (bicyclic) bond motifs is 1. The van der Waals surface area contributed by atoms with Gasteiger partial charge in [-0.15, -0.1) is 11.3 Å². The van der Waals surface area contributed by atoms with Crippen LogP contribution in [0.15, 0.2) is 46.9 Å². The molecule has 0 aliphatic heterocycles. The van der Waals surface area contributed by atoms with Gasteiger partial charge in [0.05, 0.1) is 15.9 Å². The first-order valence-electron chi connectivity index (χ1n) is 5.41. The number of thioether (sulfide) groups is 1. The molecule has 2 heterocycles. The standard InChI is InChI=1S/C13H10N2OS2/c1-17-13-14-9-5-2-3-6-10(9)15(13)12(16)11-7-4-8-18-11/h2-8H,1H3. The molecule has 5 heteroatoms. The molecule has 0 radical (unpaired) electrons. The molecule has 3 nitrogen and oxygen atoms in total. The van der Waals surface area contributed by atoms with Crippen molar-refractivity contribution in [1.29, 1.82) is 0 Å². The van der Waals surface area contributed by atoms with Gasteiger partial charge in [0, 0.05) is 0 Å². The van der Waals surface area contributed by atoms with E-state index in [4.69, 9.17) is 0 Å². The highest BCUT2D eigenvalue weighted by Gasteiger charge is 2.17. The molecule has 0 amide bonds. The number of carbonyl (C=O) groups is 1. The Bertz CT molecular complexity index is 701. The summed E-state index contributed by atoms with van der Waals surface area (Å²) >= 11 is 2.93. The zero-order chi connectivity index (χ0) is 12.5. The highest BCUT2D eigenvalue weighted by Crippen LogP contribution is 2.24. The van der Waals surface area contributed by atoms with Gasteiger partial charge in [-0.3, -0.25) is 9.36 Å². The second-order valence-electron chi connectivity index (χ2n) is 3.71. The minimum absolute atomic E-state index is 0.0111. The Morgan fingerprint density at radius 3 is 2.83 bits per heavy atom. The lowest BCUT2D eigenvalue weighted by Crippen LogP contribution is -2.11. The van der Waals surface area contributed by atoms with E-state index < -0.39 is 0 Å². The SMILES string of the molecule is CSc1nc2ccccc2n1C(=O)c1cccs1. The highest BCUT2D eigenvalue weighted by molar-refractivity contribution is 7.98. The van der Waals surface area contributed by atoms with E-state index in [0.29, 0.717) is 0 Å². The maximum atomic E-state index is 12.5. The van der Waals surface area contributed by atoms with Gasteiger partial charge in [-0.05, 0) is 29.8 Å². The molecule has 0 atom stereocenters. The molecule has 90 valence electrons. The van der Waals surface area contributed by atoms with Crippen LogP contribution in [-0.4, -0.2) is 21.7 Å². The zero-order valence-corrected chi connectivity index (χ0v) is 11.3. The monoisotopic (exact) mass is 274 g/mol. The molecular formula is C13H10N2OS2. The van der Waals surface area contributed by atoms with E-state index in [9.17, 15) is 4.79 Å². The predicted molar refractivity (Wildman–Crippen MR) is 75.6 cm³/mol. The van der Waals surface area contributed by atoms with Gasteiger partial charge in [0.2, 0.25) is 0 Å². The summed E-state index contributed by atoms with van der Waals surface area (Å²) in [5.74, 6) is -0.0111. The Morgan fingerprint density at radius 1 is 1.28 bits per heavy atom. The van der Waals surface area contributed by atoms with Crippen molar-refractivity contribution in [3.8, 4) is 0 Å². The minimum Gasteiger partial charge on any atom is -0.267 e. The zero-order valence-electron chi connectivity index (χ0n) is 9.66. The molecule has 2 aromatic heterocycles. The van der Waals surface area contributed by atoms with Crippen LogP contribution in [0.5, 0.6) is 0 Å². The summed E-state index contributed by atoms with van der Waals surface area (Å²) in [6, 6.07) is 11.4. The number of carbonyl (C=O) groups excluding carboxylic acids is 1. The number of nitrogens with zero attached hydrogens (tertiary/aromatic N) is 2. The van der Waals surface area contributed by atoms with Crippen molar-refractivity contribution >= 4 is 40.0 Å². The van der Waals surface area contributed by atoms with Crippen LogP contribution >= 0.6 is 23.1 Å². The molecule has 0 aliphatic carbocycles. The van der Waals surface area contributed by atoms with Gasteiger partial charge in [0.25, 0.3) is 5.91 Å². The molecule has 0 unspecified atom stereocenters. The van der Waals surface area contributed by atoms with E-state index in [0.717, 1.165) is 21.1 Å². The molecule has 0 bridgehead atoms. The Kier molecular flexibility index (Phi) is 2.93. The molecule has 3 rings (SSSR count). The first kappa shape index (κ1) is 11.5. The van der Waals surface area contributed by atoms with Gasteiger partial charge in [-0.2, -0.15) is 0 Å². The predicted octanol–water partition coefficient (Wildman–Crippen LogP) is 3.51. The minimum atomic E-state index is -0.0111. The topological polar surface area (TPSA) is 34.9 Å². The van der Waals surface area contributed by atoms with E-state index in [-0.39, 0.29) is 5.91 Å². The molecule has 0 saturated heterocycles. The second-order valence-corrected chi connectivity index (χ2v) is 5.43. The van der Waals surface area contributed by atoms with Crippen LogP contribution in [0.2, 0.25) is 0 Å². The number of hydrogen-bond acceptors (Lipinski definition) is 4. The molecule has 3 aromatic rings. The summed E-state index contributed by atoms with van der Waals surface area (Å²) in [5.41, 5.74) is 1.71. The fourth-order valence-electron chi connectivity index (χ4n) is 1.85. The number of rotatable bonds is 2. The largest absolute Gasteiger partial charge is 0.274 e. The van der Waals surface area contributed by atoms with E-state index in [1.54, 1.807) is 4.57 Å². The third-order valence-electron chi connectivity index (χ3n) is 2.65. The third-order valence-corrected chi connectivity index (χ3v) is 4.14. The summed E-state index contributed by atoms with van der Waals surface area (Å²) in [4.78, 5) is 17.7. The van der Waals surface area contributed by atoms with Crippen molar-refractivity contribution in [3.05, 3.63) is 46.7 Å². The Morgan fingerprint density at radius 2 is 2.11 bits per heavy atom. The first-order chi connectivity index (χ1) is 8.81. The molecule has 0 N–H and O–H groups in total.